The fourth-order valence-corrected chi connectivity index (χ4v) is 1.88. The van der Waals surface area contributed by atoms with Crippen LogP contribution in [0.3, 0.4) is 0 Å². The van der Waals surface area contributed by atoms with E-state index in [4.69, 9.17) is 14.6 Å². The van der Waals surface area contributed by atoms with Crippen molar-refractivity contribution in [2.45, 2.75) is 13.3 Å². The summed E-state index contributed by atoms with van der Waals surface area (Å²) in [4.78, 5) is 26.5. The number of aliphatic imine (C=N–C) groups is 1. The first-order valence-electron chi connectivity index (χ1n) is 7.29. The molecule has 0 amide bonds. The second-order valence-corrected chi connectivity index (χ2v) is 4.85. The second kappa shape index (κ2) is 7.92. The van der Waals surface area contributed by atoms with Gasteiger partial charge < -0.3 is 14.6 Å². The van der Waals surface area contributed by atoms with Gasteiger partial charge in [0.1, 0.15) is 0 Å². The number of rotatable bonds is 6. The Labute approximate surface area is 139 Å². The Balaban J connectivity index is 2.17. The first-order chi connectivity index (χ1) is 11.5. The van der Waals surface area contributed by atoms with Crippen molar-refractivity contribution in [3.8, 4) is 11.5 Å². The van der Waals surface area contributed by atoms with E-state index < -0.39 is 5.97 Å². The normalized spacial score (nSPS) is 10.6. The van der Waals surface area contributed by atoms with Crippen LogP contribution in [0, 0.1) is 0 Å². The summed E-state index contributed by atoms with van der Waals surface area (Å²) in [5, 5.41) is 8.86. The Morgan fingerprint density at radius 3 is 2.42 bits per heavy atom. The summed E-state index contributed by atoms with van der Waals surface area (Å²) in [5.74, 6) is -0.532. The molecule has 0 aromatic heterocycles. The van der Waals surface area contributed by atoms with Crippen molar-refractivity contribution < 1.29 is 24.2 Å². The van der Waals surface area contributed by atoms with Gasteiger partial charge in [0.05, 0.1) is 18.4 Å². The monoisotopic (exact) mass is 327 g/mol. The van der Waals surface area contributed by atoms with E-state index in [1.165, 1.54) is 19.2 Å². The molecule has 0 fully saturated rings. The highest BCUT2D eigenvalue weighted by atomic mass is 16.6. The van der Waals surface area contributed by atoms with Crippen LogP contribution in [-0.2, 0) is 4.79 Å². The van der Waals surface area contributed by atoms with Crippen molar-refractivity contribution in [2.24, 2.45) is 4.99 Å². The fourth-order valence-electron chi connectivity index (χ4n) is 1.88. The Bertz CT molecular complexity index is 765. The lowest BCUT2D eigenvalue weighted by Crippen LogP contribution is -2.06. The van der Waals surface area contributed by atoms with Gasteiger partial charge in [-0.3, -0.25) is 9.79 Å². The smallest absolute Gasteiger partial charge is 0.335 e. The molecule has 2 rings (SSSR count). The molecule has 0 saturated heterocycles. The number of benzene rings is 2. The molecule has 6 nitrogen and oxygen atoms in total. The first kappa shape index (κ1) is 17.2. The predicted molar refractivity (Wildman–Crippen MR) is 89.6 cm³/mol. The lowest BCUT2D eigenvalue weighted by atomic mass is 10.2. The zero-order valence-electron chi connectivity index (χ0n) is 13.4. The van der Waals surface area contributed by atoms with Crippen LogP contribution in [0.5, 0.6) is 11.5 Å². The van der Waals surface area contributed by atoms with Crippen LogP contribution in [0.25, 0.3) is 0 Å². The summed E-state index contributed by atoms with van der Waals surface area (Å²) >= 11 is 0. The van der Waals surface area contributed by atoms with Gasteiger partial charge in [0.2, 0.25) is 0 Å². The average Bonchev–Trinajstić information content (AvgIpc) is 2.60. The highest BCUT2D eigenvalue weighted by molar-refractivity contribution is 5.88. The molecule has 0 radical (unpaired) electrons. The van der Waals surface area contributed by atoms with Crippen molar-refractivity contribution >= 4 is 23.8 Å². The van der Waals surface area contributed by atoms with E-state index in [0.717, 1.165) is 5.56 Å². The number of methoxy groups -OCH3 is 1. The number of carbonyl (C=O) groups is 2. The maximum absolute atomic E-state index is 11.4. The third-order valence-electron chi connectivity index (χ3n) is 3.18. The standard InChI is InChI=1S/C18H17NO5/c1-3-17(20)24-15-9-4-12(10-16(15)23-2)11-19-14-7-5-13(6-8-14)18(21)22/h4-11H,3H2,1-2H3,(H,21,22). The van der Waals surface area contributed by atoms with E-state index >= 15 is 0 Å². The molecule has 124 valence electrons. The lowest BCUT2D eigenvalue weighted by molar-refractivity contribution is -0.134. The largest absolute Gasteiger partial charge is 0.493 e. The number of carbonyl (C=O) groups excluding carboxylic acids is 1. The highest BCUT2D eigenvalue weighted by Gasteiger charge is 2.09. The number of hydrogen-bond donors (Lipinski definition) is 1. The topological polar surface area (TPSA) is 85.2 Å². The van der Waals surface area contributed by atoms with Crippen molar-refractivity contribution in [1.29, 1.82) is 0 Å². The van der Waals surface area contributed by atoms with Gasteiger partial charge in [-0.15, -0.1) is 0 Å². The minimum atomic E-state index is -0.979. The van der Waals surface area contributed by atoms with Gasteiger partial charge in [0, 0.05) is 12.6 Å². The fraction of sp³-hybridized carbons (Fsp3) is 0.167. The van der Waals surface area contributed by atoms with E-state index in [0.29, 0.717) is 17.2 Å². The van der Waals surface area contributed by atoms with E-state index in [2.05, 4.69) is 4.99 Å². The number of carboxylic acids is 1. The van der Waals surface area contributed by atoms with Crippen LogP contribution in [-0.4, -0.2) is 30.4 Å². The molecule has 6 heteroatoms. The maximum Gasteiger partial charge on any atom is 0.335 e. The lowest BCUT2D eigenvalue weighted by Gasteiger charge is -2.09. The van der Waals surface area contributed by atoms with Crippen molar-refractivity contribution in [1.82, 2.24) is 0 Å². The molecule has 1 N–H and O–H groups in total. The number of ether oxygens (including phenoxy) is 2. The minimum absolute atomic E-state index is 0.206. The first-order valence-corrected chi connectivity index (χ1v) is 7.29. The SMILES string of the molecule is CCC(=O)Oc1ccc(C=Nc2ccc(C(=O)O)cc2)cc1OC. The molecule has 0 atom stereocenters. The Hall–Kier alpha value is -3.15. The molecule has 2 aromatic carbocycles. The molecule has 0 saturated carbocycles. The third kappa shape index (κ3) is 4.42. The molecule has 24 heavy (non-hydrogen) atoms. The van der Waals surface area contributed by atoms with Crippen LogP contribution < -0.4 is 9.47 Å². The Kier molecular flexibility index (Phi) is 5.68. The van der Waals surface area contributed by atoms with E-state index in [1.54, 1.807) is 43.5 Å². The van der Waals surface area contributed by atoms with E-state index in [-0.39, 0.29) is 18.0 Å². The van der Waals surface area contributed by atoms with Crippen molar-refractivity contribution in [3.05, 3.63) is 53.6 Å². The number of aromatic carboxylic acids is 1. The van der Waals surface area contributed by atoms with Gasteiger partial charge in [-0.25, -0.2) is 4.79 Å². The molecular formula is C18H17NO5. The van der Waals surface area contributed by atoms with Crippen molar-refractivity contribution in [2.75, 3.05) is 7.11 Å². The number of nitrogens with zero attached hydrogens (tertiary/aromatic N) is 1. The van der Waals surface area contributed by atoms with Crippen LogP contribution in [0.4, 0.5) is 5.69 Å². The number of esters is 1. The van der Waals surface area contributed by atoms with E-state index in [1.807, 2.05) is 0 Å². The summed E-state index contributed by atoms with van der Waals surface area (Å²) in [5.41, 5.74) is 1.59. The second-order valence-electron chi connectivity index (χ2n) is 4.85. The minimum Gasteiger partial charge on any atom is -0.493 e. The molecule has 2 aromatic rings. The molecule has 0 spiro atoms. The van der Waals surface area contributed by atoms with Crippen LogP contribution >= 0.6 is 0 Å². The number of hydrogen-bond acceptors (Lipinski definition) is 5. The van der Waals surface area contributed by atoms with Gasteiger partial charge in [0.15, 0.2) is 11.5 Å². The number of carboxylic acid groups (broad SMARTS) is 1. The van der Waals surface area contributed by atoms with Gasteiger partial charge in [0.25, 0.3) is 0 Å². The van der Waals surface area contributed by atoms with Gasteiger partial charge >= 0.3 is 11.9 Å². The molecule has 0 aliphatic rings. The van der Waals surface area contributed by atoms with Gasteiger partial charge in [-0.2, -0.15) is 0 Å². The van der Waals surface area contributed by atoms with Crippen LogP contribution in [0.15, 0.2) is 47.5 Å². The van der Waals surface area contributed by atoms with Gasteiger partial charge in [-0.05, 0) is 48.0 Å². The Morgan fingerprint density at radius 2 is 1.83 bits per heavy atom. The molecule has 0 unspecified atom stereocenters. The summed E-state index contributed by atoms with van der Waals surface area (Å²) in [6.07, 6.45) is 1.89. The van der Waals surface area contributed by atoms with Crippen LogP contribution in [0.2, 0.25) is 0 Å². The maximum atomic E-state index is 11.4. The predicted octanol–water partition coefficient (Wildman–Crippen LogP) is 3.46. The Morgan fingerprint density at radius 1 is 1.12 bits per heavy atom. The molecule has 0 heterocycles. The summed E-state index contributed by atoms with van der Waals surface area (Å²) in [6, 6.07) is 11.3. The molecular weight excluding hydrogens is 310 g/mol. The zero-order chi connectivity index (χ0) is 17.5. The molecule has 0 bridgehead atoms. The summed E-state index contributed by atoms with van der Waals surface area (Å²) in [7, 11) is 1.49. The molecule has 0 aliphatic carbocycles. The highest BCUT2D eigenvalue weighted by Crippen LogP contribution is 2.28. The van der Waals surface area contributed by atoms with Crippen LogP contribution in [0.1, 0.15) is 29.3 Å². The zero-order valence-corrected chi connectivity index (χ0v) is 13.4. The summed E-state index contributed by atoms with van der Waals surface area (Å²) in [6.45, 7) is 1.71. The van der Waals surface area contributed by atoms with E-state index in [9.17, 15) is 9.59 Å². The quantitative estimate of drug-likeness (QED) is 0.499. The molecule has 0 aliphatic heterocycles. The van der Waals surface area contributed by atoms with Crippen molar-refractivity contribution in [3.63, 3.8) is 0 Å². The third-order valence-corrected chi connectivity index (χ3v) is 3.18. The van der Waals surface area contributed by atoms with Gasteiger partial charge in [-0.1, -0.05) is 6.92 Å². The average molecular weight is 327 g/mol. The summed E-state index contributed by atoms with van der Waals surface area (Å²) < 4.78 is 10.4.